The van der Waals surface area contributed by atoms with Gasteiger partial charge in [0.05, 0.1) is 0 Å². The Kier molecular flexibility index (Phi) is 4.56. The van der Waals surface area contributed by atoms with Gasteiger partial charge in [-0.25, -0.2) is 4.98 Å². The van der Waals surface area contributed by atoms with Gasteiger partial charge < -0.3 is 10.1 Å². The third kappa shape index (κ3) is 3.45. The summed E-state index contributed by atoms with van der Waals surface area (Å²) in [7, 11) is 1.88. The minimum atomic E-state index is 0.471. The van der Waals surface area contributed by atoms with E-state index in [-0.39, 0.29) is 0 Å². The van der Waals surface area contributed by atoms with Crippen molar-refractivity contribution in [2.75, 3.05) is 7.05 Å². The molecule has 94 valence electrons. The molecular weight excluding hydrogens is 248 g/mol. The van der Waals surface area contributed by atoms with Crippen LogP contribution in [0.5, 0.6) is 5.88 Å². The molecule has 2 aromatic rings. The smallest absolute Gasteiger partial charge is 0.232 e. The van der Waals surface area contributed by atoms with E-state index in [2.05, 4.69) is 10.3 Å². The summed E-state index contributed by atoms with van der Waals surface area (Å²) >= 11 is 6.12. The average Bonchev–Trinajstić information content (AvgIpc) is 2.39. The second-order valence-electron chi connectivity index (χ2n) is 3.94. The largest absolute Gasteiger partial charge is 0.472 e. The molecule has 1 aromatic carbocycles. The van der Waals surface area contributed by atoms with Gasteiger partial charge in [0.15, 0.2) is 0 Å². The van der Waals surface area contributed by atoms with Gasteiger partial charge in [-0.05, 0) is 24.2 Å². The minimum Gasteiger partial charge on any atom is -0.472 e. The molecule has 4 heteroatoms. The first-order valence-corrected chi connectivity index (χ1v) is 6.13. The van der Waals surface area contributed by atoms with Gasteiger partial charge in [-0.1, -0.05) is 41.9 Å². The van der Waals surface area contributed by atoms with E-state index in [4.69, 9.17) is 16.3 Å². The Morgan fingerprint density at radius 2 is 2.00 bits per heavy atom. The molecule has 0 amide bonds. The summed E-state index contributed by atoms with van der Waals surface area (Å²) in [6.07, 6.45) is 1.77. The first kappa shape index (κ1) is 12.9. The maximum atomic E-state index is 6.12. The van der Waals surface area contributed by atoms with E-state index in [1.807, 2.05) is 43.4 Å². The third-order valence-electron chi connectivity index (χ3n) is 2.46. The molecule has 0 radical (unpaired) electrons. The number of halogens is 1. The van der Waals surface area contributed by atoms with E-state index in [9.17, 15) is 0 Å². The van der Waals surface area contributed by atoms with Crippen molar-refractivity contribution < 1.29 is 4.74 Å². The molecule has 0 atom stereocenters. The van der Waals surface area contributed by atoms with Gasteiger partial charge in [0.25, 0.3) is 0 Å². The Hall–Kier alpha value is -1.58. The van der Waals surface area contributed by atoms with Crippen molar-refractivity contribution in [2.45, 2.75) is 13.2 Å². The molecule has 0 fully saturated rings. The van der Waals surface area contributed by atoms with Gasteiger partial charge in [0.2, 0.25) is 5.88 Å². The molecule has 0 unspecified atom stereocenters. The van der Waals surface area contributed by atoms with Gasteiger partial charge in [-0.3, -0.25) is 0 Å². The number of hydrogen-bond acceptors (Lipinski definition) is 3. The van der Waals surface area contributed by atoms with Crippen LogP contribution in [-0.4, -0.2) is 12.0 Å². The minimum absolute atomic E-state index is 0.471. The molecule has 0 saturated heterocycles. The first-order valence-electron chi connectivity index (χ1n) is 5.75. The molecule has 0 bridgehead atoms. The van der Waals surface area contributed by atoms with Crippen molar-refractivity contribution in [1.29, 1.82) is 0 Å². The van der Waals surface area contributed by atoms with Crippen molar-refractivity contribution in [2.24, 2.45) is 0 Å². The summed E-state index contributed by atoms with van der Waals surface area (Å²) < 4.78 is 5.59. The number of rotatable bonds is 5. The second kappa shape index (κ2) is 6.38. The highest BCUT2D eigenvalue weighted by atomic mass is 35.5. The van der Waals surface area contributed by atoms with Crippen LogP contribution in [0.3, 0.4) is 0 Å². The zero-order valence-electron chi connectivity index (χ0n) is 10.2. The number of aromatic nitrogens is 1. The fourth-order valence-corrected chi connectivity index (χ4v) is 1.84. The number of pyridine rings is 1. The van der Waals surface area contributed by atoms with Crippen LogP contribution in [0.25, 0.3) is 0 Å². The molecule has 0 aliphatic rings. The van der Waals surface area contributed by atoms with Crippen LogP contribution in [0.15, 0.2) is 42.6 Å². The number of hydrogen-bond donors (Lipinski definition) is 1. The van der Waals surface area contributed by atoms with E-state index >= 15 is 0 Å². The highest BCUT2D eigenvalue weighted by Crippen LogP contribution is 2.23. The quantitative estimate of drug-likeness (QED) is 0.899. The molecule has 0 aliphatic carbocycles. The predicted molar refractivity (Wildman–Crippen MR) is 72.8 cm³/mol. The number of nitrogens with one attached hydrogen (secondary N) is 1. The molecule has 3 nitrogen and oxygen atoms in total. The lowest BCUT2D eigenvalue weighted by Gasteiger charge is -2.08. The van der Waals surface area contributed by atoms with Crippen LogP contribution in [0.2, 0.25) is 5.02 Å². The molecule has 1 heterocycles. The molecule has 0 saturated carbocycles. The second-order valence-corrected chi connectivity index (χ2v) is 4.34. The van der Waals surface area contributed by atoms with Crippen molar-refractivity contribution in [3.05, 3.63) is 58.7 Å². The lowest BCUT2D eigenvalue weighted by atomic mass is 10.2. The zero-order chi connectivity index (χ0) is 12.8. The maximum Gasteiger partial charge on any atom is 0.232 e. The Bertz CT molecular complexity index is 502. The Labute approximate surface area is 112 Å². The monoisotopic (exact) mass is 262 g/mol. The third-order valence-corrected chi connectivity index (χ3v) is 2.73. The molecule has 1 N–H and O–H groups in total. The van der Waals surface area contributed by atoms with E-state index in [1.54, 1.807) is 6.20 Å². The highest BCUT2D eigenvalue weighted by Gasteiger charge is 2.05. The predicted octanol–water partition coefficient (Wildman–Crippen LogP) is 3.03. The van der Waals surface area contributed by atoms with E-state index in [0.717, 1.165) is 17.7 Å². The standard InChI is InChI=1S/C14H15ClN2O/c1-16-8-12-7-13(15)14(17-9-12)18-10-11-5-3-2-4-6-11/h2-7,9,16H,8,10H2,1H3. The van der Waals surface area contributed by atoms with Crippen LogP contribution in [-0.2, 0) is 13.2 Å². The van der Waals surface area contributed by atoms with Gasteiger partial charge >= 0.3 is 0 Å². The van der Waals surface area contributed by atoms with Crippen LogP contribution in [0.1, 0.15) is 11.1 Å². The zero-order valence-corrected chi connectivity index (χ0v) is 10.9. The van der Waals surface area contributed by atoms with Gasteiger partial charge in [0.1, 0.15) is 11.6 Å². The molecule has 1 aromatic heterocycles. The summed E-state index contributed by atoms with van der Waals surface area (Å²) in [5, 5.41) is 3.59. The summed E-state index contributed by atoms with van der Waals surface area (Å²) in [5.74, 6) is 0.473. The van der Waals surface area contributed by atoms with E-state index < -0.39 is 0 Å². The fraction of sp³-hybridized carbons (Fsp3) is 0.214. The highest BCUT2D eigenvalue weighted by molar-refractivity contribution is 6.31. The normalized spacial score (nSPS) is 10.3. The Balaban J connectivity index is 2.01. The molecule has 0 spiro atoms. The van der Waals surface area contributed by atoms with Crippen LogP contribution in [0.4, 0.5) is 0 Å². The lowest BCUT2D eigenvalue weighted by molar-refractivity contribution is 0.294. The summed E-state index contributed by atoms with van der Waals surface area (Å²) in [6, 6.07) is 11.8. The van der Waals surface area contributed by atoms with Crippen molar-refractivity contribution in [3.8, 4) is 5.88 Å². The molecular formula is C14H15ClN2O. The van der Waals surface area contributed by atoms with Crippen molar-refractivity contribution in [3.63, 3.8) is 0 Å². The first-order chi connectivity index (χ1) is 8.79. The van der Waals surface area contributed by atoms with Gasteiger partial charge in [-0.15, -0.1) is 0 Å². The van der Waals surface area contributed by atoms with Crippen molar-refractivity contribution in [1.82, 2.24) is 10.3 Å². The number of nitrogens with zero attached hydrogens (tertiary/aromatic N) is 1. The van der Waals surface area contributed by atoms with Crippen LogP contribution >= 0.6 is 11.6 Å². The Morgan fingerprint density at radius 3 is 2.67 bits per heavy atom. The SMILES string of the molecule is CNCc1cnc(OCc2ccccc2)c(Cl)c1. The fourth-order valence-electron chi connectivity index (χ4n) is 1.60. The van der Waals surface area contributed by atoms with Crippen LogP contribution in [0, 0.1) is 0 Å². The average molecular weight is 263 g/mol. The molecule has 2 rings (SSSR count). The van der Waals surface area contributed by atoms with Crippen molar-refractivity contribution >= 4 is 11.6 Å². The summed E-state index contributed by atoms with van der Waals surface area (Å²) in [6.45, 7) is 1.21. The summed E-state index contributed by atoms with van der Waals surface area (Å²) in [4.78, 5) is 4.22. The van der Waals surface area contributed by atoms with E-state index in [1.165, 1.54) is 0 Å². The number of ether oxygens (including phenoxy) is 1. The topological polar surface area (TPSA) is 34.2 Å². The maximum absolute atomic E-state index is 6.12. The van der Waals surface area contributed by atoms with Gasteiger partial charge in [0, 0.05) is 12.7 Å². The van der Waals surface area contributed by atoms with Crippen LogP contribution < -0.4 is 10.1 Å². The lowest BCUT2D eigenvalue weighted by Crippen LogP contribution is -2.06. The molecule has 18 heavy (non-hydrogen) atoms. The Morgan fingerprint density at radius 1 is 1.22 bits per heavy atom. The van der Waals surface area contributed by atoms with Gasteiger partial charge in [-0.2, -0.15) is 0 Å². The summed E-state index contributed by atoms with van der Waals surface area (Å²) in [5.41, 5.74) is 2.13. The molecule has 0 aliphatic heterocycles. The van der Waals surface area contributed by atoms with E-state index in [0.29, 0.717) is 17.5 Å². The number of benzene rings is 1.